The van der Waals surface area contributed by atoms with Gasteiger partial charge in [0, 0.05) is 61.8 Å². The maximum atomic E-state index is 13.5. The van der Waals surface area contributed by atoms with Crippen LogP contribution < -0.4 is 4.74 Å². The molecule has 1 aliphatic carbocycles. The van der Waals surface area contributed by atoms with Gasteiger partial charge in [0.25, 0.3) is 5.91 Å². The van der Waals surface area contributed by atoms with Crippen molar-refractivity contribution < 1.29 is 28.7 Å². The highest BCUT2D eigenvalue weighted by Gasteiger charge is 2.44. The Labute approximate surface area is 227 Å². The predicted molar refractivity (Wildman–Crippen MR) is 144 cm³/mol. The van der Waals surface area contributed by atoms with Gasteiger partial charge in [0.1, 0.15) is 11.7 Å². The van der Waals surface area contributed by atoms with E-state index in [0.717, 1.165) is 24.4 Å². The molecule has 39 heavy (non-hydrogen) atoms. The number of nitrogens with one attached hydrogen (secondary N) is 1. The van der Waals surface area contributed by atoms with Crippen LogP contribution in [-0.2, 0) is 19.2 Å². The van der Waals surface area contributed by atoms with Crippen molar-refractivity contribution >= 4 is 23.9 Å². The number of ether oxygens (including phenoxy) is 2. The molecule has 0 saturated carbocycles. The second-order valence-corrected chi connectivity index (χ2v) is 10.1. The summed E-state index contributed by atoms with van der Waals surface area (Å²) in [4.78, 5) is 52.6. The van der Waals surface area contributed by atoms with Crippen LogP contribution in [0.4, 0.5) is 0 Å². The number of fused-ring (bicyclic) bond motifs is 3. The van der Waals surface area contributed by atoms with E-state index < -0.39 is 17.9 Å². The lowest BCUT2D eigenvalue weighted by Crippen LogP contribution is -2.45. The molecule has 5 rings (SSSR count). The van der Waals surface area contributed by atoms with Gasteiger partial charge >= 0.3 is 11.9 Å². The Hall–Kier alpha value is -3.89. The molecule has 0 spiro atoms. The summed E-state index contributed by atoms with van der Waals surface area (Å²) in [5, 5.41) is 1.68. The van der Waals surface area contributed by atoms with Crippen LogP contribution in [0.15, 0.2) is 42.1 Å². The topological polar surface area (TPSA) is 104 Å². The lowest BCUT2D eigenvalue weighted by molar-refractivity contribution is -0.197. The van der Waals surface area contributed by atoms with Crippen molar-refractivity contribution in [3.63, 3.8) is 0 Å². The number of aromatic amines is 1. The molecule has 1 N–H and O–H groups in total. The largest absolute Gasteiger partial charge is 0.497 e. The fourth-order valence-electron chi connectivity index (χ4n) is 5.58. The molecule has 10 nitrogen and oxygen atoms in total. The minimum atomic E-state index is -0.790. The number of benzene rings is 1. The zero-order valence-electron chi connectivity index (χ0n) is 22.7. The van der Waals surface area contributed by atoms with Gasteiger partial charge in [-0.15, -0.1) is 5.06 Å². The van der Waals surface area contributed by atoms with E-state index in [1.54, 1.807) is 30.1 Å². The first kappa shape index (κ1) is 26.7. The second-order valence-electron chi connectivity index (χ2n) is 10.1. The van der Waals surface area contributed by atoms with Gasteiger partial charge in [0.05, 0.1) is 19.8 Å². The van der Waals surface area contributed by atoms with Gasteiger partial charge in [-0.1, -0.05) is 12.1 Å². The van der Waals surface area contributed by atoms with Gasteiger partial charge < -0.3 is 29.1 Å². The monoisotopic (exact) mass is 534 g/mol. The summed E-state index contributed by atoms with van der Waals surface area (Å²) >= 11 is 0. The Morgan fingerprint density at radius 2 is 1.74 bits per heavy atom. The number of carbonyl (C=O) groups excluding carboxylic acids is 3. The number of carbonyl (C=O) groups is 3. The van der Waals surface area contributed by atoms with Gasteiger partial charge in [0.2, 0.25) is 0 Å². The second kappa shape index (κ2) is 11.1. The van der Waals surface area contributed by atoms with Crippen LogP contribution in [0.5, 0.6) is 5.75 Å². The number of hydrogen-bond acceptors (Lipinski definition) is 8. The number of hydroxylamine groups is 2. The van der Waals surface area contributed by atoms with E-state index >= 15 is 0 Å². The first-order valence-corrected chi connectivity index (χ1v) is 13.1. The molecular formula is C29H34N4O6. The summed E-state index contributed by atoms with van der Waals surface area (Å²) in [7, 11) is 4.98. The lowest BCUT2D eigenvalue weighted by Gasteiger charge is -2.32. The number of amides is 1. The van der Waals surface area contributed by atoms with Crippen molar-refractivity contribution in [1.82, 2.24) is 19.8 Å². The third-order valence-electron chi connectivity index (χ3n) is 7.69. The van der Waals surface area contributed by atoms with Crippen molar-refractivity contribution in [2.45, 2.75) is 25.2 Å². The van der Waals surface area contributed by atoms with E-state index in [0.29, 0.717) is 54.3 Å². The molecule has 1 amide bonds. The molecule has 206 valence electrons. The Kier molecular flexibility index (Phi) is 7.58. The first-order valence-electron chi connectivity index (χ1n) is 13.1. The number of methoxy groups -OCH3 is 2. The SMILES string of the molecule is COC(=O)c1c(C)[nH]c2c1C1CCN(C(=O)/C=C/c3ccc(OC)cc3)C1=CC2C(=O)ON1CCN(C)CC1. The molecule has 2 unspecified atom stereocenters. The summed E-state index contributed by atoms with van der Waals surface area (Å²) in [5.74, 6) is -1.38. The number of rotatable bonds is 6. The predicted octanol–water partition coefficient (Wildman–Crippen LogP) is 2.83. The molecule has 0 radical (unpaired) electrons. The van der Waals surface area contributed by atoms with Crippen LogP contribution in [0.25, 0.3) is 6.08 Å². The van der Waals surface area contributed by atoms with E-state index in [1.807, 2.05) is 37.4 Å². The van der Waals surface area contributed by atoms with Gasteiger partial charge in [-0.25, -0.2) is 9.59 Å². The fraction of sp³-hybridized carbons (Fsp3) is 0.414. The smallest absolute Gasteiger partial charge is 0.339 e. The standard InChI is InChI=1S/C29H34N4O6/c1-18-25(29(36)38-4)26-21-11-12-33(24(34)10-7-19-5-8-20(37-3)9-6-19)23(21)17-22(27(26)30-18)28(35)39-32-15-13-31(2)14-16-32/h5-10,17,21-22,30H,11-16H2,1-4H3/b10-7+. The summed E-state index contributed by atoms with van der Waals surface area (Å²) in [6, 6.07) is 7.41. The van der Waals surface area contributed by atoms with Crippen molar-refractivity contribution in [3.8, 4) is 5.75 Å². The highest BCUT2D eigenvalue weighted by molar-refractivity contribution is 5.97. The number of nitrogens with zero attached hydrogens (tertiary/aromatic N) is 3. The minimum absolute atomic E-state index is 0.193. The average Bonchev–Trinajstić information content (AvgIpc) is 3.52. The summed E-state index contributed by atoms with van der Waals surface area (Å²) in [6.45, 7) is 5.07. The fourth-order valence-corrected chi connectivity index (χ4v) is 5.58. The van der Waals surface area contributed by atoms with Crippen molar-refractivity contribution in [3.05, 3.63) is 70.2 Å². The number of likely N-dealkylation sites (tertiary alicyclic amines) is 1. The Balaban J connectivity index is 1.45. The third kappa shape index (κ3) is 5.22. The number of aromatic nitrogens is 1. The molecule has 2 atom stereocenters. The summed E-state index contributed by atoms with van der Waals surface area (Å²) in [5.41, 5.74) is 3.96. The zero-order chi connectivity index (χ0) is 27.7. The van der Waals surface area contributed by atoms with Gasteiger partial charge in [-0.3, -0.25) is 4.79 Å². The van der Waals surface area contributed by atoms with Crippen LogP contribution in [0.1, 0.15) is 51.1 Å². The van der Waals surface area contributed by atoms with E-state index in [-0.39, 0.29) is 11.8 Å². The van der Waals surface area contributed by atoms with Crippen LogP contribution in [0.2, 0.25) is 0 Å². The van der Waals surface area contributed by atoms with Crippen molar-refractivity contribution in [2.24, 2.45) is 0 Å². The van der Waals surface area contributed by atoms with Crippen molar-refractivity contribution in [1.29, 1.82) is 0 Å². The molecule has 2 aromatic rings. The molecule has 10 heteroatoms. The van der Waals surface area contributed by atoms with Gasteiger partial charge in [0.15, 0.2) is 0 Å². The molecule has 2 aliphatic heterocycles. The number of piperazine rings is 1. The highest BCUT2D eigenvalue weighted by Crippen LogP contribution is 2.48. The van der Waals surface area contributed by atoms with E-state index in [1.165, 1.54) is 13.2 Å². The van der Waals surface area contributed by atoms with Crippen LogP contribution in [0, 0.1) is 6.92 Å². The maximum absolute atomic E-state index is 13.5. The molecular weight excluding hydrogens is 500 g/mol. The lowest BCUT2D eigenvalue weighted by atomic mass is 9.82. The number of allylic oxidation sites excluding steroid dienone is 1. The van der Waals surface area contributed by atoms with E-state index in [2.05, 4.69) is 9.88 Å². The molecule has 3 heterocycles. The number of aryl methyl sites for hydroxylation is 1. The first-order chi connectivity index (χ1) is 18.8. The zero-order valence-corrected chi connectivity index (χ0v) is 22.7. The van der Waals surface area contributed by atoms with E-state index in [4.69, 9.17) is 14.3 Å². The summed E-state index contributed by atoms with van der Waals surface area (Å²) < 4.78 is 10.3. The third-order valence-corrected chi connectivity index (χ3v) is 7.69. The summed E-state index contributed by atoms with van der Waals surface area (Å²) in [6.07, 6.45) is 5.72. The Morgan fingerprint density at radius 1 is 1.03 bits per heavy atom. The Bertz CT molecular complexity index is 1320. The Morgan fingerprint density at radius 3 is 2.41 bits per heavy atom. The minimum Gasteiger partial charge on any atom is -0.497 e. The number of esters is 1. The van der Waals surface area contributed by atoms with E-state index in [9.17, 15) is 14.4 Å². The normalized spacial score (nSPS) is 21.3. The van der Waals surface area contributed by atoms with Crippen molar-refractivity contribution in [2.75, 3.05) is 54.0 Å². The molecule has 1 aromatic carbocycles. The number of likely N-dealkylation sites (N-methyl/N-ethyl adjacent to an activating group) is 1. The number of H-pyrrole nitrogens is 1. The molecule has 1 aromatic heterocycles. The molecule has 0 bridgehead atoms. The molecule has 2 saturated heterocycles. The van der Waals surface area contributed by atoms with Crippen LogP contribution in [-0.4, -0.2) is 91.7 Å². The van der Waals surface area contributed by atoms with Gasteiger partial charge in [-0.05, 0) is 55.8 Å². The maximum Gasteiger partial charge on any atom is 0.339 e. The average molecular weight is 535 g/mol. The number of hydrogen-bond donors (Lipinski definition) is 1. The molecule has 3 aliphatic rings. The quantitative estimate of drug-likeness (QED) is 0.446. The van der Waals surface area contributed by atoms with Crippen LogP contribution in [0.3, 0.4) is 0 Å². The molecule has 2 fully saturated rings. The van der Waals surface area contributed by atoms with Gasteiger partial charge in [-0.2, -0.15) is 0 Å². The van der Waals surface area contributed by atoms with Crippen LogP contribution >= 0.6 is 0 Å². The highest BCUT2D eigenvalue weighted by atomic mass is 16.7.